The van der Waals surface area contributed by atoms with E-state index in [1.807, 2.05) is 19.9 Å². The lowest BCUT2D eigenvalue weighted by Gasteiger charge is -2.35. The van der Waals surface area contributed by atoms with Crippen molar-refractivity contribution in [1.29, 1.82) is 0 Å². The van der Waals surface area contributed by atoms with Crippen molar-refractivity contribution in [3.05, 3.63) is 52.3 Å². The van der Waals surface area contributed by atoms with Crippen LogP contribution in [0.2, 0.25) is 5.02 Å². The molecule has 5 nitrogen and oxygen atoms in total. The van der Waals surface area contributed by atoms with Gasteiger partial charge in [-0.2, -0.15) is 5.10 Å². The number of aromatic nitrogens is 2. The molecule has 1 N–H and O–H groups in total. The highest BCUT2D eigenvalue weighted by Gasteiger charge is 2.23. The number of piperidine rings is 1. The third-order valence-electron chi connectivity index (χ3n) is 5.10. The summed E-state index contributed by atoms with van der Waals surface area (Å²) in [5.41, 5.74) is 2.92. The third kappa shape index (κ3) is 4.65. The Labute approximate surface area is 160 Å². The molecule has 0 spiro atoms. The molecule has 140 valence electrons. The lowest BCUT2D eigenvalue weighted by Crippen LogP contribution is -2.46. The predicted octanol–water partition coefficient (Wildman–Crippen LogP) is 3.32. The van der Waals surface area contributed by atoms with Gasteiger partial charge in [0.25, 0.3) is 0 Å². The zero-order chi connectivity index (χ0) is 18.5. The molecule has 0 bridgehead atoms. The molecule has 3 rings (SSSR count). The van der Waals surface area contributed by atoms with Gasteiger partial charge in [-0.1, -0.05) is 48.4 Å². The fourth-order valence-electron chi connectivity index (χ4n) is 3.57. The van der Waals surface area contributed by atoms with Gasteiger partial charge in [-0.25, -0.2) is 0 Å². The van der Waals surface area contributed by atoms with Gasteiger partial charge in [0.2, 0.25) is 5.91 Å². The first kappa shape index (κ1) is 18.9. The van der Waals surface area contributed by atoms with Gasteiger partial charge in [-0.15, -0.1) is 0 Å². The SMILES string of the molecule is Cc1nn(CC(=O)NCC2CCCCN2Cc2ccccc2)c(C)c1Cl. The fourth-order valence-corrected chi connectivity index (χ4v) is 3.71. The predicted molar refractivity (Wildman–Crippen MR) is 104 cm³/mol. The average Bonchev–Trinajstić information content (AvgIpc) is 2.88. The van der Waals surface area contributed by atoms with Crippen molar-refractivity contribution in [2.75, 3.05) is 13.1 Å². The van der Waals surface area contributed by atoms with Gasteiger partial charge < -0.3 is 5.32 Å². The molecule has 26 heavy (non-hydrogen) atoms. The molecule has 6 heteroatoms. The van der Waals surface area contributed by atoms with E-state index in [1.54, 1.807) is 4.68 Å². The van der Waals surface area contributed by atoms with Crippen LogP contribution in [0.25, 0.3) is 0 Å². The number of hydrogen-bond donors (Lipinski definition) is 1. The highest BCUT2D eigenvalue weighted by molar-refractivity contribution is 6.31. The van der Waals surface area contributed by atoms with E-state index in [2.05, 4.69) is 39.6 Å². The molecule has 1 aromatic carbocycles. The number of hydrogen-bond acceptors (Lipinski definition) is 3. The van der Waals surface area contributed by atoms with Crippen LogP contribution in [0, 0.1) is 13.8 Å². The Hall–Kier alpha value is -1.85. The van der Waals surface area contributed by atoms with Crippen LogP contribution in [0.1, 0.15) is 36.2 Å². The number of benzene rings is 1. The maximum absolute atomic E-state index is 12.4. The molecule has 0 saturated carbocycles. The number of rotatable bonds is 6. The molecule has 2 aromatic rings. The van der Waals surface area contributed by atoms with Crippen molar-refractivity contribution in [3.63, 3.8) is 0 Å². The van der Waals surface area contributed by atoms with E-state index in [4.69, 9.17) is 11.6 Å². The van der Waals surface area contributed by atoms with Crippen molar-refractivity contribution in [2.24, 2.45) is 0 Å². The second-order valence-corrected chi connectivity index (χ2v) is 7.43. The molecule has 1 aliphatic rings. The first-order valence-electron chi connectivity index (χ1n) is 9.29. The van der Waals surface area contributed by atoms with Crippen molar-refractivity contribution in [1.82, 2.24) is 20.0 Å². The number of likely N-dealkylation sites (tertiary alicyclic amines) is 1. The molecule has 2 heterocycles. The fraction of sp³-hybridized carbons (Fsp3) is 0.500. The number of nitrogens with zero attached hydrogens (tertiary/aromatic N) is 3. The van der Waals surface area contributed by atoms with Crippen molar-refractivity contribution in [2.45, 2.75) is 52.2 Å². The van der Waals surface area contributed by atoms with Crippen molar-refractivity contribution < 1.29 is 4.79 Å². The Morgan fingerprint density at radius 3 is 2.73 bits per heavy atom. The molecule has 0 radical (unpaired) electrons. The molecular formula is C20H27ClN4O. The van der Waals surface area contributed by atoms with Crippen LogP contribution in [0.15, 0.2) is 30.3 Å². The Morgan fingerprint density at radius 1 is 1.27 bits per heavy atom. The molecule has 1 aromatic heterocycles. The second-order valence-electron chi connectivity index (χ2n) is 7.05. The maximum atomic E-state index is 12.4. The summed E-state index contributed by atoms with van der Waals surface area (Å²) in [4.78, 5) is 14.8. The number of amides is 1. The molecule has 1 saturated heterocycles. The Balaban J connectivity index is 1.54. The first-order chi connectivity index (χ1) is 12.5. The molecule has 1 atom stereocenters. The monoisotopic (exact) mass is 374 g/mol. The van der Waals surface area contributed by atoms with E-state index in [0.717, 1.165) is 30.9 Å². The van der Waals surface area contributed by atoms with E-state index in [-0.39, 0.29) is 12.5 Å². The molecule has 1 fully saturated rings. The zero-order valence-electron chi connectivity index (χ0n) is 15.5. The van der Waals surface area contributed by atoms with Gasteiger partial charge >= 0.3 is 0 Å². The number of carbonyl (C=O) groups excluding carboxylic acids is 1. The van der Waals surface area contributed by atoms with Crippen LogP contribution in [0.4, 0.5) is 0 Å². The van der Waals surface area contributed by atoms with Crippen LogP contribution in [-0.2, 0) is 17.9 Å². The van der Waals surface area contributed by atoms with E-state index in [1.165, 1.54) is 18.4 Å². The Bertz CT molecular complexity index is 744. The molecule has 0 aliphatic carbocycles. The minimum atomic E-state index is -0.0162. The second kappa shape index (κ2) is 8.69. The molecule has 1 unspecified atom stereocenters. The van der Waals surface area contributed by atoms with Crippen molar-refractivity contribution in [3.8, 4) is 0 Å². The summed E-state index contributed by atoms with van der Waals surface area (Å²) in [5.74, 6) is -0.0162. The van der Waals surface area contributed by atoms with E-state index < -0.39 is 0 Å². The largest absolute Gasteiger partial charge is 0.353 e. The van der Waals surface area contributed by atoms with Gasteiger partial charge in [0, 0.05) is 19.1 Å². The summed E-state index contributed by atoms with van der Waals surface area (Å²) in [7, 11) is 0. The zero-order valence-corrected chi connectivity index (χ0v) is 16.3. The Morgan fingerprint density at radius 2 is 2.04 bits per heavy atom. The van der Waals surface area contributed by atoms with Crippen LogP contribution in [-0.4, -0.2) is 39.7 Å². The summed E-state index contributed by atoms with van der Waals surface area (Å²) < 4.78 is 1.68. The van der Waals surface area contributed by atoms with E-state index in [9.17, 15) is 4.79 Å². The van der Waals surface area contributed by atoms with Crippen LogP contribution in [0.5, 0.6) is 0 Å². The van der Waals surface area contributed by atoms with E-state index in [0.29, 0.717) is 17.6 Å². The average molecular weight is 375 g/mol. The van der Waals surface area contributed by atoms with Gasteiger partial charge in [0.15, 0.2) is 0 Å². The minimum Gasteiger partial charge on any atom is -0.353 e. The minimum absolute atomic E-state index is 0.0162. The molecule has 1 aliphatic heterocycles. The summed E-state index contributed by atoms with van der Waals surface area (Å²) in [6, 6.07) is 10.9. The van der Waals surface area contributed by atoms with Crippen molar-refractivity contribution >= 4 is 17.5 Å². The van der Waals surface area contributed by atoms with Gasteiger partial charge in [-0.05, 0) is 38.8 Å². The highest BCUT2D eigenvalue weighted by atomic mass is 35.5. The number of nitrogens with one attached hydrogen (secondary N) is 1. The standard InChI is InChI=1S/C20H27ClN4O/c1-15-20(21)16(2)25(23-15)14-19(26)22-12-18-10-6-7-11-24(18)13-17-8-4-3-5-9-17/h3-5,8-9,18H,6-7,10-14H2,1-2H3,(H,22,26). The number of halogens is 1. The number of aryl methyl sites for hydroxylation is 1. The lowest BCUT2D eigenvalue weighted by molar-refractivity contribution is -0.122. The summed E-state index contributed by atoms with van der Waals surface area (Å²) in [6.07, 6.45) is 3.57. The normalized spacial score (nSPS) is 18.0. The maximum Gasteiger partial charge on any atom is 0.241 e. The smallest absolute Gasteiger partial charge is 0.241 e. The van der Waals surface area contributed by atoms with Gasteiger partial charge in [0.05, 0.1) is 16.4 Å². The molecular weight excluding hydrogens is 348 g/mol. The van der Waals surface area contributed by atoms with Crippen LogP contribution < -0.4 is 5.32 Å². The van der Waals surface area contributed by atoms with Crippen LogP contribution in [0.3, 0.4) is 0 Å². The summed E-state index contributed by atoms with van der Waals surface area (Å²) >= 11 is 6.16. The lowest BCUT2D eigenvalue weighted by atomic mass is 10.0. The quantitative estimate of drug-likeness (QED) is 0.843. The van der Waals surface area contributed by atoms with Gasteiger partial charge in [-0.3, -0.25) is 14.4 Å². The third-order valence-corrected chi connectivity index (χ3v) is 5.65. The number of carbonyl (C=O) groups is 1. The summed E-state index contributed by atoms with van der Waals surface area (Å²) in [5, 5.41) is 8.05. The highest BCUT2D eigenvalue weighted by Crippen LogP contribution is 2.20. The molecule has 1 amide bonds. The van der Waals surface area contributed by atoms with Gasteiger partial charge in [0.1, 0.15) is 6.54 Å². The topological polar surface area (TPSA) is 50.2 Å². The summed E-state index contributed by atoms with van der Waals surface area (Å²) in [6.45, 7) is 6.66. The Kier molecular flexibility index (Phi) is 6.33. The first-order valence-corrected chi connectivity index (χ1v) is 9.66. The van der Waals surface area contributed by atoms with Crippen LogP contribution >= 0.6 is 11.6 Å². The van der Waals surface area contributed by atoms with E-state index >= 15 is 0 Å².